The maximum Gasteiger partial charge on any atom is 0.253 e. The second-order valence-corrected chi connectivity index (χ2v) is 9.64. The molecule has 0 aliphatic carbocycles. The Hall–Kier alpha value is -1.83. The van der Waals surface area contributed by atoms with Gasteiger partial charge in [-0.2, -0.15) is 4.31 Å². The SMILES string of the molecule is CCCc1ccc(S(=O)(=O)N2CCN(C(=O)c3ccc(SC)cc3)CC2)cc1. The highest BCUT2D eigenvalue weighted by Gasteiger charge is 2.30. The average molecular weight is 419 g/mol. The molecule has 0 aromatic heterocycles. The fraction of sp³-hybridized carbons (Fsp3) is 0.381. The number of carbonyl (C=O) groups excluding carboxylic acids is 1. The molecule has 3 rings (SSSR count). The highest BCUT2D eigenvalue weighted by Crippen LogP contribution is 2.20. The molecule has 0 saturated carbocycles. The van der Waals surface area contributed by atoms with Crippen LogP contribution in [0.1, 0.15) is 29.3 Å². The van der Waals surface area contributed by atoms with Crippen LogP contribution in [0.5, 0.6) is 0 Å². The molecule has 1 aliphatic rings. The Morgan fingerprint density at radius 1 is 0.964 bits per heavy atom. The Morgan fingerprint density at radius 3 is 2.11 bits per heavy atom. The molecule has 0 spiro atoms. The van der Waals surface area contributed by atoms with Crippen LogP contribution in [-0.4, -0.2) is 56.0 Å². The van der Waals surface area contributed by atoms with Gasteiger partial charge in [0.05, 0.1) is 4.90 Å². The first kappa shape index (κ1) is 20.9. The zero-order chi connectivity index (χ0) is 20.1. The number of aryl methyl sites for hydroxylation is 1. The van der Waals surface area contributed by atoms with Crippen molar-refractivity contribution in [3.05, 3.63) is 59.7 Å². The van der Waals surface area contributed by atoms with E-state index in [9.17, 15) is 13.2 Å². The van der Waals surface area contributed by atoms with Crippen molar-refractivity contribution in [2.75, 3.05) is 32.4 Å². The molecule has 5 nitrogen and oxygen atoms in total. The van der Waals surface area contributed by atoms with Crippen molar-refractivity contribution in [1.29, 1.82) is 0 Å². The van der Waals surface area contributed by atoms with E-state index in [1.54, 1.807) is 28.8 Å². The minimum Gasteiger partial charge on any atom is -0.336 e. The Morgan fingerprint density at radius 2 is 1.57 bits per heavy atom. The van der Waals surface area contributed by atoms with Gasteiger partial charge in [-0.3, -0.25) is 4.79 Å². The number of hydrogen-bond donors (Lipinski definition) is 0. The van der Waals surface area contributed by atoms with Crippen molar-refractivity contribution in [3.8, 4) is 0 Å². The molecule has 0 N–H and O–H groups in total. The summed E-state index contributed by atoms with van der Waals surface area (Å²) in [4.78, 5) is 15.8. The predicted octanol–water partition coefficient (Wildman–Crippen LogP) is 3.51. The van der Waals surface area contributed by atoms with Gasteiger partial charge in [0.1, 0.15) is 0 Å². The molecule has 0 unspecified atom stereocenters. The minimum absolute atomic E-state index is 0.0476. The summed E-state index contributed by atoms with van der Waals surface area (Å²) >= 11 is 1.63. The maximum absolute atomic E-state index is 12.9. The van der Waals surface area contributed by atoms with Crippen LogP contribution in [0.4, 0.5) is 0 Å². The van der Waals surface area contributed by atoms with Gasteiger partial charge in [0, 0.05) is 36.6 Å². The van der Waals surface area contributed by atoms with E-state index < -0.39 is 10.0 Å². The third-order valence-corrected chi connectivity index (χ3v) is 7.62. The molecule has 7 heteroatoms. The Labute approximate surface area is 171 Å². The molecule has 2 aromatic carbocycles. The van der Waals surface area contributed by atoms with Crippen molar-refractivity contribution < 1.29 is 13.2 Å². The highest BCUT2D eigenvalue weighted by atomic mass is 32.2. The predicted molar refractivity (Wildman–Crippen MR) is 113 cm³/mol. The van der Waals surface area contributed by atoms with Crippen molar-refractivity contribution in [3.63, 3.8) is 0 Å². The number of benzene rings is 2. The molecule has 150 valence electrons. The van der Waals surface area contributed by atoms with Crippen LogP contribution in [0.2, 0.25) is 0 Å². The van der Waals surface area contributed by atoms with Crippen LogP contribution >= 0.6 is 11.8 Å². The summed E-state index contributed by atoms with van der Waals surface area (Å²) < 4.78 is 27.3. The molecule has 1 fully saturated rings. The van der Waals surface area contributed by atoms with E-state index in [4.69, 9.17) is 0 Å². The van der Waals surface area contributed by atoms with Crippen molar-refractivity contribution >= 4 is 27.7 Å². The lowest BCUT2D eigenvalue weighted by Gasteiger charge is -2.34. The fourth-order valence-corrected chi connectivity index (χ4v) is 5.14. The van der Waals surface area contributed by atoms with Gasteiger partial charge >= 0.3 is 0 Å². The average Bonchev–Trinajstić information content (AvgIpc) is 2.74. The van der Waals surface area contributed by atoms with Crippen LogP contribution in [0.15, 0.2) is 58.3 Å². The molecule has 0 radical (unpaired) electrons. The normalized spacial score (nSPS) is 15.6. The van der Waals surface area contributed by atoms with Crippen LogP contribution in [-0.2, 0) is 16.4 Å². The van der Waals surface area contributed by atoms with E-state index in [1.807, 2.05) is 42.7 Å². The number of sulfonamides is 1. The van der Waals surface area contributed by atoms with Crippen LogP contribution in [0.25, 0.3) is 0 Å². The van der Waals surface area contributed by atoms with Gasteiger partial charge in [0.15, 0.2) is 0 Å². The fourth-order valence-electron chi connectivity index (χ4n) is 3.31. The van der Waals surface area contributed by atoms with E-state index in [-0.39, 0.29) is 5.91 Å². The molecule has 1 heterocycles. The summed E-state index contributed by atoms with van der Waals surface area (Å²) in [5.74, 6) is -0.0476. The Kier molecular flexibility index (Phi) is 6.80. The summed E-state index contributed by atoms with van der Waals surface area (Å²) in [6.45, 7) is 3.52. The third-order valence-electron chi connectivity index (χ3n) is 4.96. The molecular weight excluding hydrogens is 392 g/mol. The van der Waals surface area contributed by atoms with Crippen LogP contribution in [0.3, 0.4) is 0 Å². The van der Waals surface area contributed by atoms with Crippen molar-refractivity contribution in [2.45, 2.75) is 29.6 Å². The molecular formula is C21H26N2O3S2. The number of hydrogen-bond acceptors (Lipinski definition) is 4. The van der Waals surface area contributed by atoms with Crippen molar-refractivity contribution in [2.24, 2.45) is 0 Å². The smallest absolute Gasteiger partial charge is 0.253 e. The van der Waals surface area contributed by atoms with E-state index in [2.05, 4.69) is 6.92 Å². The van der Waals surface area contributed by atoms with E-state index >= 15 is 0 Å². The molecule has 1 aliphatic heterocycles. The van der Waals surface area contributed by atoms with Gasteiger partial charge in [0.25, 0.3) is 5.91 Å². The van der Waals surface area contributed by atoms with Gasteiger partial charge < -0.3 is 4.90 Å². The molecule has 1 saturated heterocycles. The number of nitrogens with zero attached hydrogens (tertiary/aromatic N) is 2. The number of amides is 1. The second kappa shape index (κ2) is 9.11. The van der Waals surface area contributed by atoms with E-state index in [0.717, 1.165) is 23.3 Å². The maximum atomic E-state index is 12.9. The van der Waals surface area contributed by atoms with Crippen LogP contribution < -0.4 is 0 Å². The second-order valence-electron chi connectivity index (χ2n) is 6.82. The zero-order valence-electron chi connectivity index (χ0n) is 16.3. The molecule has 2 aromatic rings. The Balaban J connectivity index is 1.64. The number of piperazine rings is 1. The van der Waals surface area contributed by atoms with Gasteiger partial charge in [0.2, 0.25) is 10.0 Å². The lowest BCUT2D eigenvalue weighted by molar-refractivity contribution is 0.0698. The topological polar surface area (TPSA) is 57.7 Å². The summed E-state index contributed by atoms with van der Waals surface area (Å²) in [5, 5.41) is 0. The number of rotatable bonds is 6. The summed E-state index contributed by atoms with van der Waals surface area (Å²) in [7, 11) is -3.52. The van der Waals surface area contributed by atoms with Gasteiger partial charge in [-0.1, -0.05) is 25.5 Å². The standard InChI is InChI=1S/C21H26N2O3S2/c1-3-4-17-5-11-20(12-6-17)28(25,26)23-15-13-22(14-16-23)21(24)18-7-9-19(27-2)10-8-18/h5-12H,3-4,13-16H2,1-2H3. The first-order chi connectivity index (χ1) is 13.5. The van der Waals surface area contributed by atoms with Crippen LogP contribution in [0, 0.1) is 0 Å². The third kappa shape index (κ3) is 4.59. The summed E-state index contributed by atoms with van der Waals surface area (Å²) in [6, 6.07) is 14.7. The largest absolute Gasteiger partial charge is 0.336 e. The lowest BCUT2D eigenvalue weighted by Crippen LogP contribution is -2.50. The molecule has 1 amide bonds. The minimum atomic E-state index is -3.52. The Bertz CT molecular complexity index is 902. The van der Waals surface area contributed by atoms with Gasteiger partial charge in [-0.05, 0) is 54.6 Å². The lowest BCUT2D eigenvalue weighted by atomic mass is 10.1. The monoisotopic (exact) mass is 418 g/mol. The summed E-state index contributed by atoms with van der Waals surface area (Å²) in [6.07, 6.45) is 3.97. The molecule has 28 heavy (non-hydrogen) atoms. The van der Waals surface area contributed by atoms with E-state index in [0.29, 0.717) is 36.6 Å². The van der Waals surface area contributed by atoms with Gasteiger partial charge in [-0.15, -0.1) is 11.8 Å². The molecule has 0 atom stereocenters. The van der Waals surface area contributed by atoms with E-state index in [1.165, 1.54) is 4.31 Å². The quantitative estimate of drug-likeness (QED) is 0.674. The molecule has 0 bridgehead atoms. The first-order valence-corrected chi connectivity index (χ1v) is 12.1. The first-order valence-electron chi connectivity index (χ1n) is 9.48. The number of thioether (sulfide) groups is 1. The highest BCUT2D eigenvalue weighted by molar-refractivity contribution is 7.98. The van der Waals surface area contributed by atoms with Crippen molar-refractivity contribution in [1.82, 2.24) is 9.21 Å². The zero-order valence-corrected chi connectivity index (χ0v) is 17.9. The van der Waals surface area contributed by atoms with Gasteiger partial charge in [-0.25, -0.2) is 8.42 Å². The summed E-state index contributed by atoms with van der Waals surface area (Å²) in [5.41, 5.74) is 1.78. The number of carbonyl (C=O) groups is 1.